The van der Waals surface area contributed by atoms with Gasteiger partial charge in [-0.15, -0.1) is 0 Å². The number of hydrogen-bond acceptors (Lipinski definition) is 4. The average Bonchev–Trinajstić information content (AvgIpc) is 2.75. The fraction of sp³-hybridized carbons (Fsp3) is 0.636. The van der Waals surface area contributed by atoms with E-state index in [-0.39, 0.29) is 30.5 Å². The molecule has 0 bridgehead atoms. The van der Waals surface area contributed by atoms with E-state index in [1.165, 1.54) is 0 Å². The van der Waals surface area contributed by atoms with Gasteiger partial charge in [0.2, 0.25) is 0 Å². The summed E-state index contributed by atoms with van der Waals surface area (Å²) >= 11 is 0. The number of rotatable bonds is 3. The van der Waals surface area contributed by atoms with Gasteiger partial charge in [0.05, 0.1) is 5.92 Å². The van der Waals surface area contributed by atoms with E-state index in [1.54, 1.807) is 0 Å². The van der Waals surface area contributed by atoms with Crippen LogP contribution in [0.5, 0.6) is 0 Å². The number of carbonyl (C=O) groups excluding carboxylic acids is 2. The molecule has 4 heteroatoms. The van der Waals surface area contributed by atoms with Crippen LogP contribution in [0.1, 0.15) is 19.3 Å². The lowest BCUT2D eigenvalue weighted by Gasteiger charge is -2.12. The molecule has 0 spiro atoms. The maximum atomic E-state index is 11.4. The number of ether oxygens (including phenoxy) is 2. The first-order valence-electron chi connectivity index (χ1n) is 5.22. The first-order chi connectivity index (χ1) is 7.22. The predicted octanol–water partition coefficient (Wildman–Crippen LogP) is 1.06. The molecular weight excluding hydrogens is 196 g/mol. The minimum absolute atomic E-state index is 0.0601. The molecule has 0 amide bonds. The third-order valence-electron chi connectivity index (χ3n) is 3.16. The SMILES string of the molecule is C=CC(=O)OC[C@@H]1C(=O)O[C@@H]2CCC[C@H]12. The van der Waals surface area contributed by atoms with E-state index in [1.807, 2.05) is 0 Å². The van der Waals surface area contributed by atoms with E-state index in [0.29, 0.717) is 0 Å². The lowest BCUT2D eigenvalue weighted by Crippen LogP contribution is -2.23. The van der Waals surface area contributed by atoms with E-state index in [9.17, 15) is 9.59 Å². The number of hydrogen-bond donors (Lipinski definition) is 0. The highest BCUT2D eigenvalue weighted by Crippen LogP contribution is 2.40. The van der Waals surface area contributed by atoms with Gasteiger partial charge in [0.1, 0.15) is 12.7 Å². The van der Waals surface area contributed by atoms with E-state index < -0.39 is 5.97 Å². The fourth-order valence-corrected chi connectivity index (χ4v) is 2.40. The van der Waals surface area contributed by atoms with Crippen molar-refractivity contribution in [2.75, 3.05) is 6.61 Å². The molecule has 0 aromatic rings. The molecule has 82 valence electrons. The molecule has 2 fully saturated rings. The maximum Gasteiger partial charge on any atom is 0.330 e. The molecule has 1 heterocycles. The molecule has 15 heavy (non-hydrogen) atoms. The number of fused-ring (bicyclic) bond motifs is 1. The van der Waals surface area contributed by atoms with Crippen molar-refractivity contribution in [3.05, 3.63) is 12.7 Å². The number of carbonyl (C=O) groups is 2. The normalized spacial score (nSPS) is 33.3. The Morgan fingerprint density at radius 3 is 3.13 bits per heavy atom. The highest BCUT2D eigenvalue weighted by molar-refractivity contribution is 5.82. The quantitative estimate of drug-likeness (QED) is 0.516. The van der Waals surface area contributed by atoms with Gasteiger partial charge in [-0.3, -0.25) is 4.79 Å². The third kappa shape index (κ3) is 1.89. The average molecular weight is 210 g/mol. The summed E-state index contributed by atoms with van der Waals surface area (Å²) in [5.41, 5.74) is 0. The molecular formula is C11H14O4. The van der Waals surface area contributed by atoms with Crippen molar-refractivity contribution in [2.45, 2.75) is 25.4 Å². The second-order valence-electron chi connectivity index (χ2n) is 4.01. The van der Waals surface area contributed by atoms with Crippen LogP contribution >= 0.6 is 0 Å². The maximum absolute atomic E-state index is 11.4. The highest BCUT2D eigenvalue weighted by Gasteiger charge is 2.47. The molecule has 1 saturated heterocycles. The summed E-state index contributed by atoms with van der Waals surface area (Å²) < 4.78 is 10.1. The monoisotopic (exact) mass is 210 g/mol. The van der Waals surface area contributed by atoms with E-state index in [2.05, 4.69) is 6.58 Å². The van der Waals surface area contributed by atoms with E-state index in [4.69, 9.17) is 9.47 Å². The van der Waals surface area contributed by atoms with Crippen molar-refractivity contribution in [1.29, 1.82) is 0 Å². The van der Waals surface area contributed by atoms with Crippen molar-refractivity contribution in [3.63, 3.8) is 0 Å². The summed E-state index contributed by atoms with van der Waals surface area (Å²) in [6, 6.07) is 0. The first-order valence-corrected chi connectivity index (χ1v) is 5.22. The summed E-state index contributed by atoms with van der Waals surface area (Å²) in [5, 5.41) is 0. The van der Waals surface area contributed by atoms with Crippen molar-refractivity contribution < 1.29 is 19.1 Å². The molecule has 2 rings (SSSR count). The van der Waals surface area contributed by atoms with Crippen LogP contribution in [-0.4, -0.2) is 24.6 Å². The van der Waals surface area contributed by atoms with Gasteiger partial charge in [-0.2, -0.15) is 0 Å². The molecule has 1 saturated carbocycles. The predicted molar refractivity (Wildman–Crippen MR) is 51.9 cm³/mol. The Hall–Kier alpha value is -1.32. The molecule has 1 aliphatic carbocycles. The first kappa shape index (κ1) is 10.2. The van der Waals surface area contributed by atoms with Crippen LogP contribution in [-0.2, 0) is 19.1 Å². The van der Waals surface area contributed by atoms with Crippen LogP contribution in [0, 0.1) is 11.8 Å². The minimum Gasteiger partial charge on any atom is -0.462 e. The zero-order valence-electron chi connectivity index (χ0n) is 8.48. The smallest absolute Gasteiger partial charge is 0.330 e. The molecule has 1 aliphatic heterocycles. The molecule has 2 aliphatic rings. The zero-order chi connectivity index (χ0) is 10.8. The van der Waals surface area contributed by atoms with Crippen LogP contribution < -0.4 is 0 Å². The molecule has 0 aromatic carbocycles. The van der Waals surface area contributed by atoms with Crippen LogP contribution in [0.15, 0.2) is 12.7 Å². The van der Waals surface area contributed by atoms with Gasteiger partial charge in [-0.25, -0.2) is 4.79 Å². The fourth-order valence-electron chi connectivity index (χ4n) is 2.40. The van der Waals surface area contributed by atoms with Crippen LogP contribution in [0.3, 0.4) is 0 Å². The summed E-state index contributed by atoms with van der Waals surface area (Å²) in [6.07, 6.45) is 4.20. The Balaban J connectivity index is 1.93. The van der Waals surface area contributed by atoms with Crippen molar-refractivity contribution in [1.82, 2.24) is 0 Å². The summed E-state index contributed by atoms with van der Waals surface area (Å²) in [6.45, 7) is 3.43. The second kappa shape index (κ2) is 4.04. The largest absolute Gasteiger partial charge is 0.462 e. The summed E-state index contributed by atoms with van der Waals surface area (Å²) in [5.74, 6) is -0.720. The third-order valence-corrected chi connectivity index (χ3v) is 3.16. The Morgan fingerprint density at radius 2 is 2.40 bits per heavy atom. The van der Waals surface area contributed by atoms with Crippen LogP contribution in [0.4, 0.5) is 0 Å². The highest BCUT2D eigenvalue weighted by atomic mass is 16.6. The van der Waals surface area contributed by atoms with E-state index in [0.717, 1.165) is 25.3 Å². The second-order valence-corrected chi connectivity index (χ2v) is 4.01. The molecule has 0 N–H and O–H groups in total. The zero-order valence-corrected chi connectivity index (χ0v) is 8.48. The van der Waals surface area contributed by atoms with Crippen LogP contribution in [0.2, 0.25) is 0 Å². The van der Waals surface area contributed by atoms with E-state index >= 15 is 0 Å². The van der Waals surface area contributed by atoms with Gasteiger partial charge in [0.15, 0.2) is 0 Å². The molecule has 3 atom stereocenters. The molecule has 0 aromatic heterocycles. The van der Waals surface area contributed by atoms with Gasteiger partial charge in [-0.05, 0) is 19.3 Å². The molecule has 0 radical (unpaired) electrons. The van der Waals surface area contributed by atoms with Gasteiger partial charge < -0.3 is 9.47 Å². The van der Waals surface area contributed by atoms with Gasteiger partial charge in [0.25, 0.3) is 0 Å². The van der Waals surface area contributed by atoms with Crippen molar-refractivity contribution >= 4 is 11.9 Å². The number of esters is 2. The lowest BCUT2D eigenvalue weighted by molar-refractivity contribution is -0.148. The van der Waals surface area contributed by atoms with Gasteiger partial charge in [0, 0.05) is 12.0 Å². The van der Waals surface area contributed by atoms with Crippen LogP contribution in [0.25, 0.3) is 0 Å². The topological polar surface area (TPSA) is 52.6 Å². The summed E-state index contributed by atoms with van der Waals surface area (Å²) in [4.78, 5) is 22.3. The van der Waals surface area contributed by atoms with Crippen molar-refractivity contribution in [2.24, 2.45) is 11.8 Å². The standard InChI is InChI=1S/C11H14O4/c1-2-10(12)14-6-8-7-4-3-5-9(7)15-11(8)13/h2,7-9H,1,3-6H2/t7-,8+,9-/m1/s1. The Bertz CT molecular complexity index is 297. The van der Waals surface area contributed by atoms with Crippen molar-refractivity contribution in [3.8, 4) is 0 Å². The minimum atomic E-state index is -0.482. The molecule has 4 nitrogen and oxygen atoms in total. The Morgan fingerprint density at radius 1 is 1.60 bits per heavy atom. The molecule has 0 unspecified atom stereocenters. The van der Waals surface area contributed by atoms with Gasteiger partial charge >= 0.3 is 11.9 Å². The Labute approximate surface area is 88.2 Å². The van der Waals surface area contributed by atoms with Gasteiger partial charge in [-0.1, -0.05) is 6.58 Å². The summed E-state index contributed by atoms with van der Waals surface area (Å²) in [7, 11) is 0. The lowest BCUT2D eigenvalue weighted by atomic mass is 9.93. The Kier molecular flexibility index (Phi) is 2.75.